The van der Waals surface area contributed by atoms with Crippen molar-refractivity contribution in [3.8, 4) is 0 Å². The Balaban J connectivity index is 1.68. The molecule has 0 aliphatic carbocycles. The molecule has 0 saturated heterocycles. The first-order valence-electron chi connectivity index (χ1n) is 9.57. The van der Waals surface area contributed by atoms with Crippen LogP contribution in [0.4, 0.5) is 5.69 Å². The van der Waals surface area contributed by atoms with Crippen molar-refractivity contribution in [3.05, 3.63) is 54.1 Å². The summed E-state index contributed by atoms with van der Waals surface area (Å²) in [5.41, 5.74) is 1.16. The maximum atomic E-state index is 12.6. The van der Waals surface area contributed by atoms with Crippen molar-refractivity contribution < 1.29 is 21.6 Å². The molecule has 3 rings (SSSR count). The van der Waals surface area contributed by atoms with Crippen LogP contribution >= 0.6 is 0 Å². The second-order valence-corrected chi connectivity index (χ2v) is 10.9. The Morgan fingerprint density at radius 1 is 1.06 bits per heavy atom. The molecule has 2 aromatic rings. The summed E-state index contributed by atoms with van der Waals surface area (Å²) in [5, 5.41) is 2.54. The van der Waals surface area contributed by atoms with Crippen molar-refractivity contribution >= 4 is 37.5 Å². The van der Waals surface area contributed by atoms with E-state index in [1.165, 1.54) is 43.4 Å². The Bertz CT molecular complexity index is 1210. The lowest BCUT2D eigenvalue weighted by Crippen LogP contribution is -2.35. The van der Waals surface area contributed by atoms with Gasteiger partial charge in [-0.05, 0) is 43.7 Å². The molecule has 1 aliphatic rings. The number of likely N-dealkylation sites (N-methyl/N-ethyl adjacent to an activating group) is 1. The van der Waals surface area contributed by atoms with E-state index >= 15 is 0 Å². The van der Waals surface area contributed by atoms with Crippen LogP contribution < -0.4 is 10.0 Å². The average molecular weight is 465 g/mol. The van der Waals surface area contributed by atoms with Crippen molar-refractivity contribution in [2.24, 2.45) is 4.99 Å². The minimum absolute atomic E-state index is 0.0273. The van der Waals surface area contributed by atoms with Crippen LogP contribution in [0.15, 0.2) is 63.3 Å². The Morgan fingerprint density at radius 2 is 1.77 bits per heavy atom. The Labute approximate surface area is 182 Å². The van der Waals surface area contributed by atoms with Gasteiger partial charge in [0.1, 0.15) is 5.84 Å². The van der Waals surface area contributed by atoms with E-state index in [0.29, 0.717) is 18.8 Å². The van der Waals surface area contributed by atoms with Crippen LogP contribution in [0.3, 0.4) is 0 Å². The second-order valence-electron chi connectivity index (χ2n) is 7.19. The zero-order valence-electron chi connectivity index (χ0n) is 17.2. The number of amidine groups is 1. The Hall–Kier alpha value is -2.76. The van der Waals surface area contributed by atoms with E-state index < -0.39 is 32.5 Å². The first kappa shape index (κ1) is 22.9. The lowest BCUT2D eigenvalue weighted by Gasteiger charge is -2.17. The van der Waals surface area contributed by atoms with Gasteiger partial charge in [-0.3, -0.25) is 14.5 Å². The van der Waals surface area contributed by atoms with Gasteiger partial charge in [-0.2, -0.15) is 4.31 Å². The SMILES string of the molecule is Cc1ccc(S(=O)(=O)N(C)CC(=O)Nc2cccc(S(=O)(=O)NC3=NCCC3)c2)cc1. The molecule has 0 fully saturated rings. The number of nitrogens with zero attached hydrogens (tertiary/aromatic N) is 2. The number of sulfonamides is 2. The molecule has 1 amide bonds. The molecule has 1 heterocycles. The van der Waals surface area contributed by atoms with Crippen LogP contribution in [-0.2, 0) is 24.8 Å². The van der Waals surface area contributed by atoms with Gasteiger partial charge in [0.25, 0.3) is 10.0 Å². The van der Waals surface area contributed by atoms with Crippen LogP contribution in [0.2, 0.25) is 0 Å². The number of aliphatic imine (C=N–C) groups is 1. The van der Waals surface area contributed by atoms with Gasteiger partial charge in [0, 0.05) is 25.7 Å². The molecule has 2 aromatic carbocycles. The highest BCUT2D eigenvalue weighted by atomic mass is 32.2. The molecule has 0 spiro atoms. The summed E-state index contributed by atoms with van der Waals surface area (Å²) in [6, 6.07) is 12.1. The van der Waals surface area contributed by atoms with E-state index in [0.717, 1.165) is 16.3 Å². The standard InChI is InChI=1S/C20H24N4O5S2/c1-15-8-10-17(11-9-15)31(28,29)24(2)14-20(25)22-16-5-3-6-18(13-16)30(26,27)23-19-7-4-12-21-19/h3,5-6,8-11,13H,4,7,12,14H2,1-2H3,(H,21,23)(H,22,25). The Kier molecular flexibility index (Phi) is 6.77. The number of carbonyl (C=O) groups is 1. The fraction of sp³-hybridized carbons (Fsp3) is 0.300. The summed E-state index contributed by atoms with van der Waals surface area (Å²) in [5.74, 6) is -0.182. The summed E-state index contributed by atoms with van der Waals surface area (Å²) in [7, 11) is -6.35. The predicted octanol–water partition coefficient (Wildman–Crippen LogP) is 1.72. The predicted molar refractivity (Wildman–Crippen MR) is 118 cm³/mol. The van der Waals surface area contributed by atoms with Crippen LogP contribution in [0.5, 0.6) is 0 Å². The molecular formula is C20H24N4O5S2. The normalized spacial score (nSPS) is 14.4. The zero-order valence-corrected chi connectivity index (χ0v) is 18.8. The lowest BCUT2D eigenvalue weighted by atomic mass is 10.2. The van der Waals surface area contributed by atoms with Crippen molar-refractivity contribution in [3.63, 3.8) is 0 Å². The summed E-state index contributed by atoms with van der Waals surface area (Å²) in [6.07, 6.45) is 1.37. The van der Waals surface area contributed by atoms with Gasteiger partial charge >= 0.3 is 0 Å². The maximum Gasteiger partial charge on any atom is 0.262 e. The molecular weight excluding hydrogens is 440 g/mol. The molecule has 166 valence electrons. The molecule has 31 heavy (non-hydrogen) atoms. The maximum absolute atomic E-state index is 12.6. The highest BCUT2D eigenvalue weighted by Crippen LogP contribution is 2.18. The van der Waals surface area contributed by atoms with Gasteiger partial charge in [-0.1, -0.05) is 23.8 Å². The third-order valence-corrected chi connectivity index (χ3v) is 7.85. The van der Waals surface area contributed by atoms with Gasteiger partial charge in [-0.25, -0.2) is 16.8 Å². The molecule has 0 bridgehead atoms. The van der Waals surface area contributed by atoms with Gasteiger partial charge in [-0.15, -0.1) is 0 Å². The summed E-state index contributed by atoms with van der Waals surface area (Å²) >= 11 is 0. The summed E-state index contributed by atoms with van der Waals surface area (Å²) < 4.78 is 53.7. The zero-order chi connectivity index (χ0) is 22.6. The number of nitrogens with one attached hydrogen (secondary N) is 2. The smallest absolute Gasteiger partial charge is 0.262 e. The number of aryl methyl sites for hydroxylation is 1. The Morgan fingerprint density at radius 3 is 2.42 bits per heavy atom. The highest BCUT2D eigenvalue weighted by Gasteiger charge is 2.23. The van der Waals surface area contributed by atoms with E-state index in [1.807, 2.05) is 6.92 Å². The molecule has 0 saturated carbocycles. The van der Waals surface area contributed by atoms with Crippen LogP contribution in [0.25, 0.3) is 0 Å². The number of anilines is 1. The van der Waals surface area contributed by atoms with E-state index in [-0.39, 0.29) is 15.5 Å². The number of hydrogen-bond donors (Lipinski definition) is 2. The number of rotatable bonds is 7. The fourth-order valence-electron chi connectivity index (χ4n) is 2.96. The first-order valence-corrected chi connectivity index (χ1v) is 12.5. The van der Waals surface area contributed by atoms with Crippen LogP contribution in [0, 0.1) is 6.92 Å². The van der Waals surface area contributed by atoms with E-state index in [9.17, 15) is 21.6 Å². The van der Waals surface area contributed by atoms with E-state index in [2.05, 4.69) is 15.0 Å². The third-order valence-electron chi connectivity index (χ3n) is 4.65. The molecule has 11 heteroatoms. The van der Waals surface area contributed by atoms with E-state index in [4.69, 9.17) is 0 Å². The lowest BCUT2D eigenvalue weighted by molar-refractivity contribution is -0.116. The van der Waals surface area contributed by atoms with Gasteiger partial charge in [0.2, 0.25) is 15.9 Å². The number of carbonyl (C=O) groups excluding carboxylic acids is 1. The minimum atomic E-state index is -3.83. The van der Waals surface area contributed by atoms with Gasteiger partial charge in [0.05, 0.1) is 16.3 Å². The molecule has 0 aromatic heterocycles. The topological polar surface area (TPSA) is 125 Å². The van der Waals surface area contributed by atoms with E-state index in [1.54, 1.807) is 12.1 Å². The van der Waals surface area contributed by atoms with Gasteiger partial charge < -0.3 is 5.32 Å². The fourth-order valence-corrected chi connectivity index (χ4v) is 5.22. The molecule has 2 N–H and O–H groups in total. The second kappa shape index (κ2) is 9.16. The quantitative estimate of drug-likeness (QED) is 0.646. The third kappa shape index (κ3) is 5.69. The highest BCUT2D eigenvalue weighted by molar-refractivity contribution is 7.90. The molecule has 0 radical (unpaired) electrons. The molecule has 9 nitrogen and oxygen atoms in total. The molecule has 1 aliphatic heterocycles. The molecule has 0 unspecified atom stereocenters. The largest absolute Gasteiger partial charge is 0.325 e. The first-order chi connectivity index (χ1) is 14.6. The monoisotopic (exact) mass is 464 g/mol. The van der Waals surface area contributed by atoms with Crippen LogP contribution in [-0.4, -0.2) is 53.0 Å². The van der Waals surface area contributed by atoms with Crippen molar-refractivity contribution in [2.75, 3.05) is 25.5 Å². The van der Waals surface area contributed by atoms with Gasteiger partial charge in [0.15, 0.2) is 0 Å². The van der Waals surface area contributed by atoms with Crippen molar-refractivity contribution in [1.29, 1.82) is 0 Å². The average Bonchev–Trinajstić information content (AvgIpc) is 3.20. The summed E-state index contributed by atoms with van der Waals surface area (Å²) in [4.78, 5) is 16.5. The minimum Gasteiger partial charge on any atom is -0.325 e. The number of hydrogen-bond acceptors (Lipinski definition) is 6. The number of amides is 1. The van der Waals surface area contributed by atoms with Crippen molar-refractivity contribution in [2.45, 2.75) is 29.6 Å². The summed E-state index contributed by atoms with van der Waals surface area (Å²) in [6.45, 7) is 2.01. The number of benzene rings is 2. The van der Waals surface area contributed by atoms with Crippen LogP contribution in [0.1, 0.15) is 18.4 Å². The van der Waals surface area contributed by atoms with Crippen molar-refractivity contribution in [1.82, 2.24) is 9.03 Å². The molecule has 0 atom stereocenters.